The van der Waals surface area contributed by atoms with Gasteiger partial charge < -0.3 is 9.64 Å². The minimum absolute atomic E-state index is 0.0460. The second-order valence-electron chi connectivity index (χ2n) is 10.6. The van der Waals surface area contributed by atoms with Gasteiger partial charge in [0.25, 0.3) is 0 Å². The molecular formula is C31H61NO2. The highest BCUT2D eigenvalue weighted by Gasteiger charge is 2.09. The van der Waals surface area contributed by atoms with Gasteiger partial charge in [-0.1, -0.05) is 109 Å². The molecule has 0 bridgehead atoms. The highest BCUT2D eigenvalue weighted by molar-refractivity contribution is 5.69. The van der Waals surface area contributed by atoms with Crippen molar-refractivity contribution < 1.29 is 9.53 Å². The van der Waals surface area contributed by atoms with Gasteiger partial charge >= 0.3 is 5.97 Å². The first kappa shape index (κ1) is 33.2. The normalized spacial score (nSPS) is 12.6. The molecule has 0 aromatic heterocycles. The molecule has 0 radical (unpaired) electrons. The Morgan fingerprint density at radius 2 is 1.18 bits per heavy atom. The summed E-state index contributed by atoms with van der Waals surface area (Å²) in [7, 11) is 4.43. The van der Waals surface area contributed by atoms with Crippen molar-refractivity contribution in [1.29, 1.82) is 0 Å². The van der Waals surface area contributed by atoms with Crippen molar-refractivity contribution >= 4 is 5.97 Å². The van der Waals surface area contributed by atoms with E-state index in [9.17, 15) is 4.79 Å². The van der Waals surface area contributed by atoms with Crippen LogP contribution in [0.25, 0.3) is 0 Å². The molecule has 3 heteroatoms. The van der Waals surface area contributed by atoms with Crippen LogP contribution in [0.15, 0.2) is 12.2 Å². The number of carbonyl (C=O) groups is 1. The zero-order chi connectivity index (χ0) is 25.1. The van der Waals surface area contributed by atoms with Gasteiger partial charge in [-0.3, -0.25) is 4.79 Å². The van der Waals surface area contributed by atoms with Crippen molar-refractivity contribution in [2.24, 2.45) is 5.92 Å². The summed E-state index contributed by atoms with van der Waals surface area (Å²) in [4.78, 5) is 13.6. The van der Waals surface area contributed by atoms with Gasteiger partial charge in [0.2, 0.25) is 0 Å². The molecule has 0 rings (SSSR count). The minimum Gasteiger partial charge on any atom is -0.466 e. The van der Waals surface area contributed by atoms with Gasteiger partial charge in [-0.15, -0.1) is 0 Å². The highest BCUT2D eigenvalue weighted by atomic mass is 16.5. The van der Waals surface area contributed by atoms with Crippen molar-refractivity contribution in [3.05, 3.63) is 12.2 Å². The maximum Gasteiger partial charge on any atom is 0.305 e. The Labute approximate surface area is 214 Å². The summed E-state index contributed by atoms with van der Waals surface area (Å²) in [5, 5.41) is 0. The van der Waals surface area contributed by atoms with Crippen LogP contribution in [0.4, 0.5) is 0 Å². The van der Waals surface area contributed by atoms with E-state index in [1.807, 2.05) is 6.92 Å². The summed E-state index contributed by atoms with van der Waals surface area (Å²) < 4.78 is 4.96. The van der Waals surface area contributed by atoms with E-state index in [-0.39, 0.29) is 5.97 Å². The van der Waals surface area contributed by atoms with Crippen LogP contribution < -0.4 is 0 Å². The summed E-state index contributed by atoms with van der Waals surface area (Å²) in [6.07, 6.45) is 32.2. The quantitative estimate of drug-likeness (QED) is 0.0702. The van der Waals surface area contributed by atoms with Crippen LogP contribution in [0, 0.1) is 5.92 Å². The number of unbranched alkanes of at least 4 members (excludes halogenated alkanes) is 14. The Hall–Kier alpha value is -0.830. The van der Waals surface area contributed by atoms with Crippen LogP contribution >= 0.6 is 0 Å². The molecule has 0 aromatic carbocycles. The lowest BCUT2D eigenvalue weighted by molar-refractivity contribution is -0.143. The number of allylic oxidation sites excluding steroid dienone is 2. The van der Waals surface area contributed by atoms with E-state index in [0.717, 1.165) is 25.2 Å². The fraction of sp³-hybridized carbons (Fsp3) is 0.903. The Bertz CT molecular complexity index is 447. The molecule has 0 aliphatic heterocycles. The van der Waals surface area contributed by atoms with Crippen LogP contribution in [-0.2, 0) is 9.53 Å². The van der Waals surface area contributed by atoms with Crippen LogP contribution in [0.2, 0.25) is 0 Å². The van der Waals surface area contributed by atoms with Crippen molar-refractivity contribution in [2.75, 3.05) is 27.2 Å². The highest BCUT2D eigenvalue weighted by Crippen LogP contribution is 2.22. The van der Waals surface area contributed by atoms with Crippen molar-refractivity contribution in [2.45, 2.75) is 149 Å². The number of ether oxygens (including phenoxy) is 1. The lowest BCUT2D eigenvalue weighted by atomic mass is 9.91. The first-order chi connectivity index (χ1) is 16.6. The van der Waals surface area contributed by atoms with E-state index >= 15 is 0 Å². The van der Waals surface area contributed by atoms with Crippen molar-refractivity contribution in [3.8, 4) is 0 Å². The predicted molar refractivity (Wildman–Crippen MR) is 150 cm³/mol. The van der Waals surface area contributed by atoms with Gasteiger partial charge in [0.15, 0.2) is 0 Å². The van der Waals surface area contributed by atoms with Gasteiger partial charge in [-0.25, -0.2) is 0 Å². The van der Waals surface area contributed by atoms with E-state index in [2.05, 4.69) is 38.1 Å². The second-order valence-corrected chi connectivity index (χ2v) is 10.6. The molecule has 0 aliphatic carbocycles. The third-order valence-electron chi connectivity index (χ3n) is 6.91. The average Bonchev–Trinajstić information content (AvgIpc) is 2.81. The van der Waals surface area contributed by atoms with E-state index < -0.39 is 0 Å². The molecule has 1 atom stereocenters. The van der Waals surface area contributed by atoms with Crippen molar-refractivity contribution in [3.63, 3.8) is 0 Å². The number of hydrogen-bond donors (Lipinski definition) is 0. The summed E-state index contributed by atoms with van der Waals surface area (Å²) in [5.74, 6) is 0.902. The molecular weight excluding hydrogens is 418 g/mol. The Morgan fingerprint density at radius 3 is 1.71 bits per heavy atom. The lowest BCUT2D eigenvalue weighted by Crippen LogP contribution is -2.17. The fourth-order valence-electron chi connectivity index (χ4n) is 4.67. The van der Waals surface area contributed by atoms with Crippen LogP contribution in [-0.4, -0.2) is 38.1 Å². The van der Waals surface area contributed by atoms with Gasteiger partial charge in [-0.2, -0.15) is 0 Å². The average molecular weight is 480 g/mol. The van der Waals surface area contributed by atoms with Gasteiger partial charge in [0.1, 0.15) is 0 Å². The van der Waals surface area contributed by atoms with Gasteiger partial charge in [0, 0.05) is 6.42 Å². The number of hydrogen-bond acceptors (Lipinski definition) is 3. The molecule has 0 saturated carbocycles. The molecule has 0 N–H and O–H groups in total. The summed E-state index contributed by atoms with van der Waals surface area (Å²) in [6.45, 7) is 5.92. The Morgan fingerprint density at radius 1 is 0.676 bits per heavy atom. The number of nitrogens with zero attached hydrogens (tertiary/aromatic N) is 1. The first-order valence-electron chi connectivity index (χ1n) is 15.0. The Balaban J connectivity index is 3.59. The zero-order valence-electron chi connectivity index (χ0n) is 23.8. The number of carbonyl (C=O) groups excluding carboxylic acids is 1. The zero-order valence-corrected chi connectivity index (χ0v) is 23.8. The molecule has 0 heterocycles. The Kier molecular flexibility index (Phi) is 26.1. The van der Waals surface area contributed by atoms with Gasteiger partial charge in [-0.05, 0) is 72.0 Å². The standard InChI is InChI=1S/C31H61NO2/c1-5-7-8-9-19-22-25-30(28-29-32(3)4)26-23-20-17-15-13-11-10-12-14-16-18-21-24-27-31(33)34-6-2/h12,14,30H,5-11,13,15-29H2,1-4H3/b14-12-. The summed E-state index contributed by atoms with van der Waals surface area (Å²) >= 11 is 0. The molecule has 0 amide bonds. The molecule has 0 fully saturated rings. The van der Waals surface area contributed by atoms with Crippen LogP contribution in [0.1, 0.15) is 149 Å². The summed E-state index contributed by atoms with van der Waals surface area (Å²) in [6, 6.07) is 0. The SMILES string of the molecule is CCCCCCCCC(CCCCCCCC/C=C\CCCCCC(=O)OCC)CCN(C)C. The van der Waals surface area contributed by atoms with Crippen LogP contribution in [0.3, 0.4) is 0 Å². The van der Waals surface area contributed by atoms with Crippen molar-refractivity contribution in [1.82, 2.24) is 4.90 Å². The molecule has 0 saturated heterocycles. The van der Waals surface area contributed by atoms with E-state index in [0.29, 0.717) is 13.0 Å². The second kappa shape index (κ2) is 26.8. The first-order valence-corrected chi connectivity index (χ1v) is 15.0. The largest absolute Gasteiger partial charge is 0.466 e. The van der Waals surface area contributed by atoms with Crippen LogP contribution in [0.5, 0.6) is 0 Å². The molecule has 1 unspecified atom stereocenters. The topological polar surface area (TPSA) is 29.5 Å². The smallest absolute Gasteiger partial charge is 0.305 e. The molecule has 0 spiro atoms. The molecule has 3 nitrogen and oxygen atoms in total. The third-order valence-corrected chi connectivity index (χ3v) is 6.91. The summed E-state index contributed by atoms with van der Waals surface area (Å²) in [5.41, 5.74) is 0. The molecule has 34 heavy (non-hydrogen) atoms. The lowest BCUT2D eigenvalue weighted by Gasteiger charge is -2.19. The molecule has 0 aromatic rings. The van der Waals surface area contributed by atoms with E-state index in [4.69, 9.17) is 4.74 Å². The van der Waals surface area contributed by atoms with E-state index in [1.165, 1.54) is 116 Å². The van der Waals surface area contributed by atoms with E-state index in [1.54, 1.807) is 0 Å². The third kappa shape index (κ3) is 25.8. The van der Waals surface area contributed by atoms with Gasteiger partial charge in [0.05, 0.1) is 6.61 Å². The monoisotopic (exact) mass is 479 g/mol. The maximum atomic E-state index is 11.3. The maximum absolute atomic E-state index is 11.3. The molecule has 0 aliphatic rings. The number of esters is 1. The fourth-order valence-corrected chi connectivity index (χ4v) is 4.67. The minimum atomic E-state index is -0.0460. The molecule has 202 valence electrons. The number of rotatable bonds is 26. The predicted octanol–water partition coefficient (Wildman–Crippen LogP) is 9.50.